The van der Waals surface area contributed by atoms with Crippen molar-refractivity contribution in [3.05, 3.63) is 72.0 Å². The van der Waals surface area contributed by atoms with Crippen molar-refractivity contribution in [3.8, 4) is 0 Å². The molecule has 0 aliphatic rings. The van der Waals surface area contributed by atoms with Gasteiger partial charge in [0.1, 0.15) is 17.4 Å². The van der Waals surface area contributed by atoms with Gasteiger partial charge < -0.3 is 9.73 Å². The lowest BCUT2D eigenvalue weighted by atomic mass is 10.0. The van der Waals surface area contributed by atoms with E-state index in [9.17, 15) is 4.79 Å². The zero-order chi connectivity index (χ0) is 16.2. The smallest absolute Gasteiger partial charge is 0.223 e. The van der Waals surface area contributed by atoms with Crippen LogP contribution < -0.4 is 5.32 Å². The summed E-state index contributed by atoms with van der Waals surface area (Å²) in [6, 6.07) is 19.6. The van der Waals surface area contributed by atoms with Gasteiger partial charge in [-0.25, -0.2) is 0 Å². The molecule has 23 heavy (non-hydrogen) atoms. The second kappa shape index (κ2) is 6.69. The molecule has 3 rings (SSSR count). The summed E-state index contributed by atoms with van der Waals surface area (Å²) in [5, 5.41) is 4.17. The Labute approximate surface area is 136 Å². The molecule has 2 unspecified atom stereocenters. The number of amides is 1. The number of carbonyl (C=O) groups is 1. The van der Waals surface area contributed by atoms with E-state index in [1.807, 2.05) is 74.5 Å². The predicted molar refractivity (Wildman–Crippen MR) is 92.1 cm³/mol. The van der Waals surface area contributed by atoms with Crippen LogP contribution in [0, 0.1) is 5.92 Å². The van der Waals surface area contributed by atoms with Gasteiger partial charge in [-0.05, 0) is 24.1 Å². The van der Waals surface area contributed by atoms with Gasteiger partial charge in [-0.15, -0.1) is 0 Å². The van der Waals surface area contributed by atoms with Crippen LogP contribution in [-0.4, -0.2) is 5.91 Å². The number of rotatable bonds is 5. The lowest BCUT2D eigenvalue weighted by molar-refractivity contribution is -0.125. The third-order valence-corrected chi connectivity index (χ3v) is 4.21. The molecular formula is C20H21NO2. The molecule has 1 aromatic heterocycles. The Balaban J connectivity index is 1.99. The maximum Gasteiger partial charge on any atom is 0.223 e. The molecule has 0 saturated carbocycles. The summed E-state index contributed by atoms with van der Waals surface area (Å²) in [5.41, 5.74) is 1.85. The van der Waals surface area contributed by atoms with Gasteiger partial charge in [0.25, 0.3) is 0 Å². The van der Waals surface area contributed by atoms with Gasteiger partial charge in [0.15, 0.2) is 0 Å². The Morgan fingerprint density at radius 3 is 2.48 bits per heavy atom. The van der Waals surface area contributed by atoms with Gasteiger partial charge in [0.05, 0.1) is 0 Å². The first-order chi connectivity index (χ1) is 11.2. The number of furan rings is 1. The summed E-state index contributed by atoms with van der Waals surface area (Å²) < 4.78 is 5.98. The lowest BCUT2D eigenvalue weighted by Gasteiger charge is -2.19. The van der Waals surface area contributed by atoms with E-state index >= 15 is 0 Å². The van der Waals surface area contributed by atoms with E-state index in [2.05, 4.69) is 5.32 Å². The van der Waals surface area contributed by atoms with Crippen molar-refractivity contribution < 1.29 is 9.21 Å². The van der Waals surface area contributed by atoms with Gasteiger partial charge in [-0.1, -0.05) is 62.4 Å². The molecule has 2 atom stereocenters. The molecule has 0 aliphatic heterocycles. The van der Waals surface area contributed by atoms with Gasteiger partial charge in [0, 0.05) is 11.3 Å². The fourth-order valence-corrected chi connectivity index (χ4v) is 2.58. The number of para-hydroxylation sites is 1. The third-order valence-electron chi connectivity index (χ3n) is 4.21. The van der Waals surface area contributed by atoms with Crippen LogP contribution >= 0.6 is 0 Å². The standard InChI is InChI=1S/C20H21NO2/c1-3-14(2)20(22)21-19(15-9-5-4-6-10-15)18-13-16-11-7-8-12-17(16)23-18/h4-14,19H,3H2,1-2H3,(H,21,22). The second-order valence-electron chi connectivity index (χ2n) is 5.85. The van der Waals surface area contributed by atoms with E-state index in [0.29, 0.717) is 0 Å². The molecule has 1 N–H and O–H groups in total. The van der Waals surface area contributed by atoms with Crippen molar-refractivity contribution in [2.24, 2.45) is 5.92 Å². The van der Waals surface area contributed by atoms with Crippen LogP contribution in [0.1, 0.15) is 37.6 Å². The van der Waals surface area contributed by atoms with E-state index in [0.717, 1.165) is 28.7 Å². The molecule has 2 aromatic carbocycles. The van der Waals surface area contributed by atoms with Gasteiger partial charge in [0.2, 0.25) is 5.91 Å². The van der Waals surface area contributed by atoms with Crippen molar-refractivity contribution in [2.45, 2.75) is 26.3 Å². The van der Waals surface area contributed by atoms with Crippen molar-refractivity contribution >= 4 is 16.9 Å². The topological polar surface area (TPSA) is 42.2 Å². The largest absolute Gasteiger partial charge is 0.459 e. The zero-order valence-corrected chi connectivity index (χ0v) is 13.5. The predicted octanol–water partition coefficient (Wildman–Crippen LogP) is 4.68. The molecule has 3 heteroatoms. The van der Waals surface area contributed by atoms with Crippen molar-refractivity contribution in [2.75, 3.05) is 0 Å². The summed E-state index contributed by atoms with van der Waals surface area (Å²) in [6.07, 6.45) is 0.813. The maximum absolute atomic E-state index is 12.4. The number of benzene rings is 2. The molecule has 3 nitrogen and oxygen atoms in total. The summed E-state index contributed by atoms with van der Waals surface area (Å²) >= 11 is 0. The highest BCUT2D eigenvalue weighted by atomic mass is 16.3. The van der Waals surface area contributed by atoms with E-state index in [1.54, 1.807) is 0 Å². The first kappa shape index (κ1) is 15.3. The summed E-state index contributed by atoms with van der Waals surface area (Å²) in [5.74, 6) is 0.779. The SMILES string of the molecule is CCC(C)C(=O)NC(c1ccccc1)c1cc2ccccc2o1. The average Bonchev–Trinajstić information content (AvgIpc) is 3.03. The van der Waals surface area contributed by atoms with E-state index < -0.39 is 0 Å². The molecule has 3 aromatic rings. The van der Waals surface area contributed by atoms with E-state index in [-0.39, 0.29) is 17.9 Å². The Kier molecular flexibility index (Phi) is 4.47. The van der Waals surface area contributed by atoms with Crippen molar-refractivity contribution in [3.63, 3.8) is 0 Å². The van der Waals surface area contributed by atoms with Gasteiger partial charge in [-0.3, -0.25) is 4.79 Å². The van der Waals surface area contributed by atoms with Crippen LogP contribution in [0.15, 0.2) is 65.1 Å². The highest BCUT2D eigenvalue weighted by Gasteiger charge is 2.22. The molecule has 0 radical (unpaired) electrons. The molecule has 0 fully saturated rings. The Bertz CT molecular complexity index is 759. The minimum Gasteiger partial charge on any atom is -0.459 e. The molecule has 0 spiro atoms. The summed E-state index contributed by atoms with van der Waals surface area (Å²) in [6.45, 7) is 3.96. The quantitative estimate of drug-likeness (QED) is 0.743. The molecule has 1 heterocycles. The average molecular weight is 307 g/mol. The highest BCUT2D eigenvalue weighted by molar-refractivity contribution is 5.80. The Hall–Kier alpha value is -2.55. The molecule has 0 saturated heterocycles. The number of nitrogens with one attached hydrogen (secondary N) is 1. The van der Waals surface area contributed by atoms with Crippen molar-refractivity contribution in [1.82, 2.24) is 5.32 Å². The summed E-state index contributed by atoms with van der Waals surface area (Å²) in [7, 11) is 0. The zero-order valence-electron chi connectivity index (χ0n) is 13.5. The maximum atomic E-state index is 12.4. The number of fused-ring (bicyclic) bond motifs is 1. The van der Waals surface area contributed by atoms with E-state index in [1.165, 1.54) is 0 Å². The molecule has 0 bridgehead atoms. The van der Waals surface area contributed by atoms with Crippen LogP contribution in [0.2, 0.25) is 0 Å². The van der Waals surface area contributed by atoms with Gasteiger partial charge >= 0.3 is 0 Å². The first-order valence-electron chi connectivity index (χ1n) is 8.03. The molecule has 0 aliphatic carbocycles. The Morgan fingerprint density at radius 2 is 1.78 bits per heavy atom. The minimum atomic E-state index is -0.273. The summed E-state index contributed by atoms with van der Waals surface area (Å²) in [4.78, 5) is 12.4. The van der Waals surface area contributed by atoms with Crippen LogP contribution in [0.25, 0.3) is 11.0 Å². The van der Waals surface area contributed by atoms with E-state index in [4.69, 9.17) is 4.42 Å². The lowest BCUT2D eigenvalue weighted by Crippen LogP contribution is -2.33. The Morgan fingerprint density at radius 1 is 1.09 bits per heavy atom. The minimum absolute atomic E-state index is 0.0226. The number of carbonyl (C=O) groups excluding carboxylic acids is 1. The van der Waals surface area contributed by atoms with Crippen LogP contribution in [-0.2, 0) is 4.79 Å². The molecule has 118 valence electrons. The number of hydrogen-bond donors (Lipinski definition) is 1. The van der Waals surface area contributed by atoms with Crippen LogP contribution in [0.3, 0.4) is 0 Å². The molecular weight excluding hydrogens is 286 g/mol. The monoisotopic (exact) mass is 307 g/mol. The second-order valence-corrected chi connectivity index (χ2v) is 5.85. The number of hydrogen-bond acceptors (Lipinski definition) is 2. The molecule has 1 amide bonds. The van der Waals surface area contributed by atoms with Crippen molar-refractivity contribution in [1.29, 1.82) is 0 Å². The van der Waals surface area contributed by atoms with Crippen LogP contribution in [0.4, 0.5) is 0 Å². The fraction of sp³-hybridized carbons (Fsp3) is 0.250. The normalized spacial score (nSPS) is 13.7. The highest BCUT2D eigenvalue weighted by Crippen LogP contribution is 2.28. The first-order valence-corrected chi connectivity index (χ1v) is 8.03. The fourth-order valence-electron chi connectivity index (χ4n) is 2.58. The van der Waals surface area contributed by atoms with Crippen LogP contribution in [0.5, 0.6) is 0 Å². The third kappa shape index (κ3) is 3.29. The van der Waals surface area contributed by atoms with Gasteiger partial charge in [-0.2, -0.15) is 0 Å².